The quantitative estimate of drug-likeness (QED) is 0.856. The molecule has 0 aliphatic carbocycles. The average Bonchev–Trinajstić information content (AvgIpc) is 3.17. The first kappa shape index (κ1) is 14.3. The van der Waals surface area contributed by atoms with Gasteiger partial charge in [0.25, 0.3) is 0 Å². The molecule has 6 nitrogen and oxygen atoms in total. The van der Waals surface area contributed by atoms with Crippen LogP contribution in [0, 0.1) is 25.2 Å². The van der Waals surface area contributed by atoms with Gasteiger partial charge in [-0.1, -0.05) is 5.16 Å². The monoisotopic (exact) mass is 320 g/mol. The maximum atomic E-state index is 5.77. The van der Waals surface area contributed by atoms with Gasteiger partial charge in [0.2, 0.25) is 5.89 Å². The molecule has 2 atom stereocenters. The summed E-state index contributed by atoms with van der Waals surface area (Å²) in [6.45, 7) is 8.53. The normalized spacial score (nSPS) is 28.4. The van der Waals surface area contributed by atoms with E-state index in [1.54, 1.807) is 11.3 Å². The Bertz CT molecular complexity index is 670. The van der Waals surface area contributed by atoms with Crippen molar-refractivity contribution in [2.45, 2.75) is 26.8 Å². The third-order valence-corrected chi connectivity index (χ3v) is 5.64. The molecule has 2 aromatic heterocycles. The topological polar surface area (TPSA) is 64.3 Å². The molecule has 0 radical (unpaired) electrons. The fourth-order valence-corrected chi connectivity index (χ4v) is 4.51. The van der Waals surface area contributed by atoms with Gasteiger partial charge in [-0.2, -0.15) is 4.98 Å². The maximum absolute atomic E-state index is 5.77. The first-order valence-corrected chi connectivity index (χ1v) is 8.51. The van der Waals surface area contributed by atoms with Gasteiger partial charge in [-0.05, 0) is 13.8 Å². The number of thiazole rings is 1. The maximum Gasteiger partial charge on any atom is 0.227 e. The van der Waals surface area contributed by atoms with Crippen LogP contribution < -0.4 is 0 Å². The number of aryl methyl sites for hydroxylation is 2. The van der Waals surface area contributed by atoms with E-state index in [4.69, 9.17) is 9.26 Å². The highest BCUT2D eigenvalue weighted by Gasteiger charge is 2.51. The van der Waals surface area contributed by atoms with Crippen LogP contribution in [0.2, 0.25) is 0 Å². The Morgan fingerprint density at radius 3 is 3.05 bits per heavy atom. The Hall–Kier alpha value is -1.31. The molecule has 0 bridgehead atoms. The van der Waals surface area contributed by atoms with Crippen molar-refractivity contribution in [2.75, 3.05) is 26.3 Å². The van der Waals surface area contributed by atoms with E-state index in [-0.39, 0.29) is 5.41 Å². The predicted molar refractivity (Wildman–Crippen MR) is 81.6 cm³/mol. The first-order chi connectivity index (χ1) is 10.6. The van der Waals surface area contributed by atoms with Gasteiger partial charge in [0.15, 0.2) is 5.82 Å². The second kappa shape index (κ2) is 5.40. The van der Waals surface area contributed by atoms with Crippen molar-refractivity contribution in [1.82, 2.24) is 20.0 Å². The number of ether oxygens (including phenoxy) is 1. The fourth-order valence-electron chi connectivity index (χ4n) is 3.69. The lowest BCUT2D eigenvalue weighted by Gasteiger charge is -2.25. The van der Waals surface area contributed by atoms with E-state index < -0.39 is 0 Å². The molecule has 0 aromatic carbocycles. The highest BCUT2D eigenvalue weighted by atomic mass is 32.1. The molecule has 118 valence electrons. The number of hydrogen-bond donors (Lipinski definition) is 0. The van der Waals surface area contributed by atoms with E-state index in [0.717, 1.165) is 50.9 Å². The molecule has 2 fully saturated rings. The summed E-state index contributed by atoms with van der Waals surface area (Å²) in [6, 6.07) is 0. The number of aromatic nitrogens is 3. The first-order valence-electron chi connectivity index (χ1n) is 7.63. The Morgan fingerprint density at radius 2 is 2.32 bits per heavy atom. The van der Waals surface area contributed by atoms with E-state index >= 15 is 0 Å². The minimum Gasteiger partial charge on any atom is -0.380 e. The molecule has 0 saturated carbocycles. The fraction of sp³-hybridized carbons (Fsp3) is 0.667. The summed E-state index contributed by atoms with van der Waals surface area (Å²) in [7, 11) is 0. The van der Waals surface area contributed by atoms with Crippen molar-refractivity contribution in [3.8, 4) is 0 Å². The summed E-state index contributed by atoms with van der Waals surface area (Å²) in [6.07, 6.45) is 0.811. The molecule has 4 rings (SSSR count). The SMILES string of the molecule is Cc1csc(CN2C[C@@H]3COC[C@]3(Cc3nc(C)no3)C2)n1. The molecule has 2 aliphatic rings. The average molecular weight is 320 g/mol. The summed E-state index contributed by atoms with van der Waals surface area (Å²) >= 11 is 1.75. The van der Waals surface area contributed by atoms with Crippen LogP contribution in [0.1, 0.15) is 22.4 Å². The molecule has 2 saturated heterocycles. The Morgan fingerprint density at radius 1 is 1.41 bits per heavy atom. The van der Waals surface area contributed by atoms with Crippen molar-refractivity contribution in [3.63, 3.8) is 0 Å². The van der Waals surface area contributed by atoms with E-state index in [2.05, 4.69) is 25.4 Å². The second-order valence-corrected chi connectivity index (χ2v) is 7.48. The third kappa shape index (κ3) is 2.57. The number of likely N-dealkylation sites (tertiary alicyclic amines) is 1. The second-order valence-electron chi connectivity index (χ2n) is 6.54. The number of fused-ring (bicyclic) bond motifs is 1. The van der Waals surface area contributed by atoms with E-state index in [9.17, 15) is 0 Å². The van der Waals surface area contributed by atoms with E-state index in [1.165, 1.54) is 5.01 Å². The van der Waals surface area contributed by atoms with Crippen molar-refractivity contribution in [2.24, 2.45) is 11.3 Å². The van der Waals surface area contributed by atoms with Crippen molar-refractivity contribution in [3.05, 3.63) is 27.8 Å². The third-order valence-electron chi connectivity index (χ3n) is 4.69. The van der Waals surface area contributed by atoms with Gasteiger partial charge in [-0.3, -0.25) is 4.90 Å². The molecule has 7 heteroatoms. The van der Waals surface area contributed by atoms with Crippen LogP contribution >= 0.6 is 11.3 Å². The zero-order valence-corrected chi connectivity index (χ0v) is 13.7. The number of rotatable bonds is 4. The largest absolute Gasteiger partial charge is 0.380 e. The molecule has 0 spiro atoms. The summed E-state index contributed by atoms with van der Waals surface area (Å²) in [5.41, 5.74) is 1.23. The molecule has 0 N–H and O–H groups in total. The highest BCUT2D eigenvalue weighted by Crippen LogP contribution is 2.44. The van der Waals surface area contributed by atoms with E-state index in [0.29, 0.717) is 11.7 Å². The molecule has 0 unspecified atom stereocenters. The van der Waals surface area contributed by atoms with Gasteiger partial charge in [-0.15, -0.1) is 11.3 Å². The van der Waals surface area contributed by atoms with Crippen LogP contribution in [0.15, 0.2) is 9.90 Å². The van der Waals surface area contributed by atoms with Gasteiger partial charge >= 0.3 is 0 Å². The lowest BCUT2D eigenvalue weighted by atomic mass is 9.78. The van der Waals surface area contributed by atoms with Crippen LogP contribution in [0.4, 0.5) is 0 Å². The van der Waals surface area contributed by atoms with Crippen LogP contribution in [-0.4, -0.2) is 46.3 Å². The zero-order chi connectivity index (χ0) is 15.2. The predicted octanol–water partition coefficient (Wildman–Crippen LogP) is 1.83. The minimum absolute atomic E-state index is 0.116. The number of hydrogen-bond acceptors (Lipinski definition) is 7. The van der Waals surface area contributed by atoms with E-state index in [1.807, 2.05) is 13.8 Å². The zero-order valence-electron chi connectivity index (χ0n) is 12.9. The smallest absolute Gasteiger partial charge is 0.227 e. The Balaban J connectivity index is 1.49. The molecule has 2 aliphatic heterocycles. The highest BCUT2D eigenvalue weighted by molar-refractivity contribution is 7.09. The van der Waals surface area contributed by atoms with Crippen LogP contribution in [-0.2, 0) is 17.7 Å². The summed E-state index contributed by atoms with van der Waals surface area (Å²) in [4.78, 5) is 11.5. The Labute approximate surface area is 133 Å². The van der Waals surface area contributed by atoms with Crippen molar-refractivity contribution < 1.29 is 9.26 Å². The number of nitrogens with zero attached hydrogens (tertiary/aromatic N) is 4. The van der Waals surface area contributed by atoms with Crippen LogP contribution in [0.5, 0.6) is 0 Å². The van der Waals surface area contributed by atoms with Crippen molar-refractivity contribution in [1.29, 1.82) is 0 Å². The minimum atomic E-state index is 0.116. The molecule has 2 aromatic rings. The molecular weight excluding hydrogens is 300 g/mol. The summed E-state index contributed by atoms with van der Waals surface area (Å²) in [5, 5.41) is 7.22. The van der Waals surface area contributed by atoms with Crippen LogP contribution in [0.25, 0.3) is 0 Å². The summed E-state index contributed by atoms with van der Waals surface area (Å²) < 4.78 is 11.1. The molecule has 0 amide bonds. The molecule has 4 heterocycles. The Kier molecular flexibility index (Phi) is 3.51. The van der Waals surface area contributed by atoms with Gasteiger partial charge in [0.1, 0.15) is 5.01 Å². The van der Waals surface area contributed by atoms with Gasteiger partial charge in [-0.25, -0.2) is 4.98 Å². The van der Waals surface area contributed by atoms with Gasteiger partial charge in [0, 0.05) is 41.9 Å². The standard InChI is InChI=1S/C15H20N4O2S/c1-10-7-22-14(16-10)5-19-4-12-6-20-9-15(12,8-19)3-13-17-11(2)18-21-13/h7,12H,3-6,8-9H2,1-2H3/t12-,15+/m1/s1. The van der Waals surface area contributed by atoms with Gasteiger partial charge in [0.05, 0.1) is 19.8 Å². The lowest BCUT2D eigenvalue weighted by molar-refractivity contribution is 0.122. The molecular formula is C15H20N4O2S. The van der Waals surface area contributed by atoms with Crippen LogP contribution in [0.3, 0.4) is 0 Å². The van der Waals surface area contributed by atoms with Crippen molar-refractivity contribution >= 4 is 11.3 Å². The lowest BCUT2D eigenvalue weighted by Crippen LogP contribution is -2.33. The summed E-state index contributed by atoms with van der Waals surface area (Å²) in [5.74, 6) is 1.98. The van der Waals surface area contributed by atoms with Gasteiger partial charge < -0.3 is 9.26 Å². The molecule has 22 heavy (non-hydrogen) atoms.